The number of benzene rings is 1. The number of halogens is 1. The zero-order valence-corrected chi connectivity index (χ0v) is 15.3. The van der Waals surface area contributed by atoms with Gasteiger partial charge in [0.1, 0.15) is 0 Å². The van der Waals surface area contributed by atoms with Crippen molar-refractivity contribution in [3.05, 3.63) is 29.8 Å². The van der Waals surface area contributed by atoms with Gasteiger partial charge in [-0.3, -0.25) is 4.79 Å². The van der Waals surface area contributed by atoms with Gasteiger partial charge in [0, 0.05) is 11.6 Å². The minimum Gasteiger partial charge on any atom is -0.303 e. The van der Waals surface area contributed by atoms with Crippen molar-refractivity contribution in [2.75, 3.05) is 19.6 Å². The van der Waals surface area contributed by atoms with E-state index in [0.29, 0.717) is 5.56 Å². The van der Waals surface area contributed by atoms with Crippen molar-refractivity contribution < 1.29 is 13.2 Å². The van der Waals surface area contributed by atoms with Crippen LogP contribution in [-0.2, 0) is 10.0 Å². The molecule has 1 heterocycles. The Hall–Kier alpha value is -0.950. The maximum atomic E-state index is 12.4. The molecular formula is C16H25ClN2O3S. The van der Waals surface area contributed by atoms with Gasteiger partial charge in [-0.05, 0) is 58.0 Å². The highest BCUT2D eigenvalue weighted by Crippen LogP contribution is 2.16. The van der Waals surface area contributed by atoms with E-state index >= 15 is 0 Å². The van der Waals surface area contributed by atoms with E-state index in [0.717, 1.165) is 38.9 Å². The minimum absolute atomic E-state index is 0. The van der Waals surface area contributed by atoms with Crippen LogP contribution in [0.25, 0.3) is 0 Å². The third-order valence-corrected chi connectivity index (χ3v) is 5.56. The third kappa shape index (κ3) is 5.57. The SMILES string of the molecule is CCCN1CCC(NS(=O)(=O)c2ccc(C(C)=O)cc2)CC1.Cl. The van der Waals surface area contributed by atoms with Gasteiger partial charge < -0.3 is 4.90 Å². The summed E-state index contributed by atoms with van der Waals surface area (Å²) in [6.45, 7) is 6.56. The standard InChI is InChI=1S/C16H24N2O3S.ClH/c1-3-10-18-11-8-15(9-12-18)17-22(20,21)16-6-4-14(5-7-16)13(2)19;/h4-7,15,17H,3,8-12H2,1-2H3;1H. The number of carbonyl (C=O) groups is 1. The Bertz CT molecular complexity index is 609. The van der Waals surface area contributed by atoms with E-state index in [1.165, 1.54) is 19.1 Å². The number of rotatable bonds is 6. The number of nitrogens with zero attached hydrogens (tertiary/aromatic N) is 1. The van der Waals surface area contributed by atoms with Gasteiger partial charge in [0.2, 0.25) is 10.0 Å². The Morgan fingerprint density at radius 1 is 1.22 bits per heavy atom. The Balaban J connectivity index is 0.00000264. The summed E-state index contributed by atoms with van der Waals surface area (Å²) in [5.41, 5.74) is 0.520. The van der Waals surface area contributed by atoms with Crippen LogP contribution in [0.5, 0.6) is 0 Å². The average molecular weight is 361 g/mol. The Labute approximate surface area is 144 Å². The predicted octanol–water partition coefficient (Wildman–Crippen LogP) is 2.46. The molecule has 0 bridgehead atoms. The summed E-state index contributed by atoms with van der Waals surface area (Å²) in [5.74, 6) is -0.0693. The zero-order valence-electron chi connectivity index (χ0n) is 13.6. The highest BCUT2D eigenvalue weighted by molar-refractivity contribution is 7.89. The molecule has 0 atom stereocenters. The Morgan fingerprint density at radius 3 is 2.26 bits per heavy atom. The molecule has 0 aromatic heterocycles. The predicted molar refractivity (Wildman–Crippen MR) is 93.8 cm³/mol. The van der Waals surface area contributed by atoms with E-state index in [1.54, 1.807) is 12.1 Å². The fourth-order valence-electron chi connectivity index (χ4n) is 2.75. The molecule has 0 unspecified atom stereocenters. The first kappa shape index (κ1) is 20.1. The van der Waals surface area contributed by atoms with Gasteiger partial charge in [-0.15, -0.1) is 12.4 Å². The van der Waals surface area contributed by atoms with Crippen molar-refractivity contribution in [1.82, 2.24) is 9.62 Å². The molecule has 2 rings (SSSR count). The molecular weight excluding hydrogens is 336 g/mol. The highest BCUT2D eigenvalue weighted by atomic mass is 35.5. The highest BCUT2D eigenvalue weighted by Gasteiger charge is 2.24. The fraction of sp³-hybridized carbons (Fsp3) is 0.562. The third-order valence-electron chi connectivity index (χ3n) is 4.02. The Kier molecular flexibility index (Phi) is 7.67. The second-order valence-corrected chi connectivity index (χ2v) is 7.53. The number of nitrogens with one attached hydrogen (secondary N) is 1. The number of hydrogen-bond donors (Lipinski definition) is 1. The number of ketones is 1. The van der Waals surface area contributed by atoms with Crippen molar-refractivity contribution in [1.29, 1.82) is 0 Å². The van der Waals surface area contributed by atoms with Crippen LogP contribution in [0.15, 0.2) is 29.2 Å². The van der Waals surface area contributed by atoms with Gasteiger partial charge in [-0.25, -0.2) is 13.1 Å². The molecule has 130 valence electrons. The maximum absolute atomic E-state index is 12.4. The van der Waals surface area contributed by atoms with Crippen LogP contribution in [0.1, 0.15) is 43.5 Å². The minimum atomic E-state index is -3.51. The molecule has 1 aromatic carbocycles. The van der Waals surface area contributed by atoms with Crippen LogP contribution in [0.4, 0.5) is 0 Å². The van der Waals surface area contributed by atoms with Gasteiger partial charge in [0.05, 0.1) is 4.90 Å². The van der Waals surface area contributed by atoms with Crippen LogP contribution in [0.3, 0.4) is 0 Å². The smallest absolute Gasteiger partial charge is 0.240 e. The first-order chi connectivity index (χ1) is 10.4. The van der Waals surface area contributed by atoms with Crippen molar-refractivity contribution in [3.8, 4) is 0 Å². The lowest BCUT2D eigenvalue weighted by Crippen LogP contribution is -2.44. The molecule has 0 spiro atoms. The van der Waals surface area contributed by atoms with E-state index in [2.05, 4.69) is 16.5 Å². The summed E-state index contributed by atoms with van der Waals surface area (Å²) in [7, 11) is -3.51. The molecule has 1 aliphatic heterocycles. The average Bonchev–Trinajstić information content (AvgIpc) is 2.49. The van der Waals surface area contributed by atoms with Crippen molar-refractivity contribution in [3.63, 3.8) is 0 Å². The molecule has 5 nitrogen and oxygen atoms in total. The number of likely N-dealkylation sites (tertiary alicyclic amines) is 1. The molecule has 0 amide bonds. The lowest BCUT2D eigenvalue weighted by atomic mass is 10.1. The molecule has 1 fully saturated rings. The van der Waals surface area contributed by atoms with Crippen LogP contribution in [0.2, 0.25) is 0 Å². The summed E-state index contributed by atoms with van der Waals surface area (Å²) in [4.78, 5) is 13.8. The molecule has 1 saturated heterocycles. The number of carbonyl (C=O) groups excluding carboxylic acids is 1. The van der Waals surface area contributed by atoms with Crippen LogP contribution in [-0.4, -0.2) is 44.8 Å². The second kappa shape index (κ2) is 8.78. The van der Waals surface area contributed by atoms with Crippen molar-refractivity contribution in [2.24, 2.45) is 0 Å². The maximum Gasteiger partial charge on any atom is 0.240 e. The van der Waals surface area contributed by atoms with Gasteiger partial charge in [0.25, 0.3) is 0 Å². The number of Topliss-reactive ketones (excluding diaryl/α,β-unsaturated/α-hetero) is 1. The fourth-order valence-corrected chi connectivity index (χ4v) is 4.05. The first-order valence-electron chi connectivity index (χ1n) is 7.78. The summed E-state index contributed by atoms with van der Waals surface area (Å²) < 4.78 is 27.5. The summed E-state index contributed by atoms with van der Waals surface area (Å²) in [6.07, 6.45) is 2.80. The number of hydrogen-bond acceptors (Lipinski definition) is 4. The van der Waals surface area contributed by atoms with E-state index in [-0.39, 0.29) is 29.1 Å². The van der Waals surface area contributed by atoms with Crippen LogP contribution >= 0.6 is 12.4 Å². The lowest BCUT2D eigenvalue weighted by molar-refractivity contribution is 0.101. The van der Waals surface area contributed by atoms with E-state index < -0.39 is 10.0 Å². The van der Waals surface area contributed by atoms with E-state index in [4.69, 9.17) is 0 Å². The summed E-state index contributed by atoms with van der Waals surface area (Å²) >= 11 is 0. The first-order valence-corrected chi connectivity index (χ1v) is 9.26. The van der Waals surface area contributed by atoms with Crippen molar-refractivity contribution in [2.45, 2.75) is 44.0 Å². The molecule has 1 aliphatic rings. The molecule has 1 N–H and O–H groups in total. The van der Waals surface area contributed by atoms with Gasteiger partial charge in [-0.1, -0.05) is 19.1 Å². The quantitative estimate of drug-likeness (QED) is 0.791. The summed E-state index contributed by atoms with van der Waals surface area (Å²) in [5, 5.41) is 0. The van der Waals surface area contributed by atoms with Gasteiger partial charge in [-0.2, -0.15) is 0 Å². The second-order valence-electron chi connectivity index (χ2n) is 5.82. The molecule has 0 saturated carbocycles. The molecule has 1 aromatic rings. The topological polar surface area (TPSA) is 66.5 Å². The largest absolute Gasteiger partial charge is 0.303 e. The van der Waals surface area contributed by atoms with Crippen LogP contribution in [0, 0.1) is 0 Å². The molecule has 23 heavy (non-hydrogen) atoms. The molecule has 0 radical (unpaired) electrons. The molecule has 0 aliphatic carbocycles. The molecule has 7 heteroatoms. The van der Waals surface area contributed by atoms with Crippen LogP contribution < -0.4 is 4.72 Å². The lowest BCUT2D eigenvalue weighted by Gasteiger charge is -2.31. The van der Waals surface area contributed by atoms with Gasteiger partial charge >= 0.3 is 0 Å². The number of sulfonamides is 1. The Morgan fingerprint density at radius 2 is 1.78 bits per heavy atom. The van der Waals surface area contributed by atoms with E-state index in [1.807, 2.05) is 0 Å². The van der Waals surface area contributed by atoms with Gasteiger partial charge in [0.15, 0.2) is 5.78 Å². The number of piperidine rings is 1. The zero-order chi connectivity index (χ0) is 16.2. The summed E-state index contributed by atoms with van der Waals surface area (Å²) in [6, 6.07) is 6.09. The van der Waals surface area contributed by atoms with E-state index in [9.17, 15) is 13.2 Å². The monoisotopic (exact) mass is 360 g/mol. The van der Waals surface area contributed by atoms with Crippen molar-refractivity contribution >= 4 is 28.2 Å². The normalized spacial score (nSPS) is 16.8.